The van der Waals surface area contributed by atoms with Crippen molar-refractivity contribution in [1.82, 2.24) is 0 Å². The zero-order chi connectivity index (χ0) is 14.7. The maximum atomic E-state index is 13.2. The average molecular weight is 359 g/mol. The second-order valence-corrected chi connectivity index (χ2v) is 5.61. The molecule has 0 radical (unpaired) electrons. The van der Waals surface area contributed by atoms with E-state index in [0.717, 1.165) is 11.3 Å². The molecule has 2 aromatic carbocycles. The van der Waals surface area contributed by atoms with Crippen molar-refractivity contribution < 1.29 is 9.13 Å². The number of para-hydroxylation sites is 1. The topological polar surface area (TPSA) is 21.3 Å². The lowest BCUT2D eigenvalue weighted by molar-refractivity contribution is 0.408. The average Bonchev–Trinajstić information content (AvgIpc) is 2.42. The molecule has 106 valence electrons. The van der Waals surface area contributed by atoms with Crippen LogP contribution >= 0.6 is 27.5 Å². The number of hydrogen-bond donors (Lipinski definition) is 1. The molecule has 0 aliphatic rings. The zero-order valence-corrected chi connectivity index (χ0v) is 13.4. The second kappa shape index (κ2) is 6.46. The van der Waals surface area contributed by atoms with Gasteiger partial charge in [0, 0.05) is 10.0 Å². The molecule has 0 aliphatic carbocycles. The standard InChI is InChI=1S/C15H14BrClFNO/c1-9(11-5-3-4-6-14(11)20-2)19-15-12(16)7-10(18)8-13(15)17/h3-9,19H,1-2H3. The Morgan fingerprint density at radius 1 is 1.30 bits per heavy atom. The van der Waals surface area contributed by atoms with Crippen molar-refractivity contribution in [1.29, 1.82) is 0 Å². The summed E-state index contributed by atoms with van der Waals surface area (Å²) in [5.74, 6) is 0.416. The number of benzene rings is 2. The summed E-state index contributed by atoms with van der Waals surface area (Å²) in [4.78, 5) is 0. The number of ether oxygens (including phenoxy) is 1. The number of rotatable bonds is 4. The molecule has 1 atom stereocenters. The number of halogens is 3. The van der Waals surface area contributed by atoms with Crippen LogP contribution in [0.25, 0.3) is 0 Å². The quantitative estimate of drug-likeness (QED) is 0.787. The van der Waals surface area contributed by atoms with Crippen LogP contribution in [-0.2, 0) is 0 Å². The van der Waals surface area contributed by atoms with E-state index in [9.17, 15) is 4.39 Å². The summed E-state index contributed by atoms with van der Waals surface area (Å²) in [6.07, 6.45) is 0. The van der Waals surface area contributed by atoms with Gasteiger partial charge < -0.3 is 10.1 Å². The summed E-state index contributed by atoms with van der Waals surface area (Å²) >= 11 is 9.39. The lowest BCUT2D eigenvalue weighted by Crippen LogP contribution is -2.09. The highest BCUT2D eigenvalue weighted by atomic mass is 79.9. The molecule has 0 spiro atoms. The van der Waals surface area contributed by atoms with Gasteiger partial charge in [0.1, 0.15) is 11.6 Å². The van der Waals surface area contributed by atoms with E-state index in [0.29, 0.717) is 15.2 Å². The van der Waals surface area contributed by atoms with Crippen molar-refractivity contribution in [2.24, 2.45) is 0 Å². The van der Waals surface area contributed by atoms with E-state index in [4.69, 9.17) is 16.3 Å². The molecule has 0 heterocycles. The van der Waals surface area contributed by atoms with Gasteiger partial charge in [-0.05, 0) is 41.1 Å². The van der Waals surface area contributed by atoms with E-state index in [1.807, 2.05) is 31.2 Å². The molecular weight excluding hydrogens is 345 g/mol. The van der Waals surface area contributed by atoms with Crippen molar-refractivity contribution in [3.05, 3.63) is 57.3 Å². The van der Waals surface area contributed by atoms with Gasteiger partial charge in [-0.2, -0.15) is 0 Å². The van der Waals surface area contributed by atoms with Gasteiger partial charge in [0.15, 0.2) is 0 Å². The van der Waals surface area contributed by atoms with Crippen LogP contribution in [0.2, 0.25) is 5.02 Å². The van der Waals surface area contributed by atoms with E-state index < -0.39 is 0 Å². The predicted octanol–water partition coefficient (Wildman–Crippen LogP) is 5.42. The normalized spacial score (nSPS) is 12.1. The van der Waals surface area contributed by atoms with Gasteiger partial charge in [-0.1, -0.05) is 29.8 Å². The van der Waals surface area contributed by atoms with Gasteiger partial charge in [-0.3, -0.25) is 0 Å². The fraction of sp³-hybridized carbons (Fsp3) is 0.200. The van der Waals surface area contributed by atoms with Crippen molar-refractivity contribution in [3.63, 3.8) is 0 Å². The Kier molecular flexibility index (Phi) is 4.89. The predicted molar refractivity (Wildman–Crippen MR) is 84.1 cm³/mol. The second-order valence-electron chi connectivity index (χ2n) is 4.35. The third-order valence-electron chi connectivity index (χ3n) is 2.97. The summed E-state index contributed by atoms with van der Waals surface area (Å²) in [5, 5.41) is 3.60. The van der Waals surface area contributed by atoms with Crippen molar-refractivity contribution in [2.45, 2.75) is 13.0 Å². The van der Waals surface area contributed by atoms with Crippen LogP contribution in [-0.4, -0.2) is 7.11 Å². The molecule has 0 amide bonds. The molecule has 0 saturated heterocycles. The molecule has 0 bridgehead atoms. The third-order valence-corrected chi connectivity index (χ3v) is 3.90. The minimum Gasteiger partial charge on any atom is -0.496 e. The SMILES string of the molecule is COc1ccccc1C(C)Nc1c(Cl)cc(F)cc1Br. The first-order chi connectivity index (χ1) is 9.52. The Balaban J connectivity index is 2.30. The first kappa shape index (κ1) is 15.1. The molecule has 5 heteroatoms. The first-order valence-electron chi connectivity index (χ1n) is 6.07. The molecule has 0 saturated carbocycles. The van der Waals surface area contributed by atoms with Crippen LogP contribution in [0.15, 0.2) is 40.9 Å². The van der Waals surface area contributed by atoms with Gasteiger partial charge in [0.25, 0.3) is 0 Å². The maximum Gasteiger partial charge on any atom is 0.125 e. The molecule has 0 aromatic heterocycles. The molecule has 2 aromatic rings. The van der Waals surface area contributed by atoms with E-state index >= 15 is 0 Å². The minimum absolute atomic E-state index is 0.0367. The Bertz CT molecular complexity index is 598. The van der Waals surface area contributed by atoms with Gasteiger partial charge >= 0.3 is 0 Å². The fourth-order valence-electron chi connectivity index (χ4n) is 2.00. The van der Waals surface area contributed by atoms with Crippen LogP contribution in [0.5, 0.6) is 5.75 Å². The Hall–Kier alpha value is -1.26. The van der Waals surface area contributed by atoms with Crippen molar-refractivity contribution in [3.8, 4) is 5.75 Å². The lowest BCUT2D eigenvalue weighted by Gasteiger charge is -2.20. The van der Waals surface area contributed by atoms with Crippen LogP contribution in [0.3, 0.4) is 0 Å². The van der Waals surface area contributed by atoms with Crippen LogP contribution in [0, 0.1) is 5.82 Å². The smallest absolute Gasteiger partial charge is 0.125 e. The van der Waals surface area contributed by atoms with Gasteiger partial charge in [-0.15, -0.1) is 0 Å². The van der Waals surface area contributed by atoms with E-state index in [1.54, 1.807) is 7.11 Å². The first-order valence-corrected chi connectivity index (χ1v) is 7.24. The minimum atomic E-state index is -0.377. The maximum absolute atomic E-state index is 13.2. The number of anilines is 1. The highest BCUT2D eigenvalue weighted by Crippen LogP contribution is 2.35. The summed E-state index contributed by atoms with van der Waals surface area (Å²) < 4.78 is 19.2. The monoisotopic (exact) mass is 357 g/mol. The van der Waals surface area contributed by atoms with E-state index in [2.05, 4.69) is 21.2 Å². The Morgan fingerprint density at radius 2 is 2.00 bits per heavy atom. The highest BCUT2D eigenvalue weighted by molar-refractivity contribution is 9.10. The van der Waals surface area contributed by atoms with Crippen LogP contribution in [0.4, 0.5) is 10.1 Å². The fourth-order valence-corrected chi connectivity index (χ4v) is 2.92. The highest BCUT2D eigenvalue weighted by Gasteiger charge is 2.14. The van der Waals surface area contributed by atoms with Gasteiger partial charge in [0.05, 0.1) is 23.9 Å². The Morgan fingerprint density at radius 3 is 2.65 bits per heavy atom. The van der Waals surface area contributed by atoms with Crippen molar-refractivity contribution in [2.75, 3.05) is 12.4 Å². The van der Waals surface area contributed by atoms with E-state index in [1.165, 1.54) is 12.1 Å². The van der Waals surface area contributed by atoms with E-state index in [-0.39, 0.29) is 11.9 Å². The summed E-state index contributed by atoms with van der Waals surface area (Å²) in [7, 11) is 1.63. The molecule has 1 unspecified atom stereocenters. The molecular formula is C15H14BrClFNO. The summed E-state index contributed by atoms with van der Waals surface area (Å²) in [6, 6.07) is 10.3. The summed E-state index contributed by atoms with van der Waals surface area (Å²) in [6.45, 7) is 1.99. The molecule has 0 aliphatic heterocycles. The number of methoxy groups -OCH3 is 1. The van der Waals surface area contributed by atoms with Crippen LogP contribution in [0.1, 0.15) is 18.5 Å². The lowest BCUT2D eigenvalue weighted by atomic mass is 10.1. The molecule has 2 nitrogen and oxygen atoms in total. The Labute approximate surface area is 131 Å². The molecule has 1 N–H and O–H groups in total. The molecule has 0 fully saturated rings. The molecule has 20 heavy (non-hydrogen) atoms. The number of nitrogens with one attached hydrogen (secondary N) is 1. The zero-order valence-electron chi connectivity index (χ0n) is 11.1. The van der Waals surface area contributed by atoms with Crippen molar-refractivity contribution >= 4 is 33.2 Å². The third kappa shape index (κ3) is 3.25. The number of hydrogen-bond acceptors (Lipinski definition) is 2. The summed E-state index contributed by atoms with van der Waals surface area (Å²) in [5.41, 5.74) is 1.66. The van der Waals surface area contributed by atoms with Gasteiger partial charge in [0.2, 0.25) is 0 Å². The largest absolute Gasteiger partial charge is 0.496 e. The molecule has 2 rings (SSSR count). The van der Waals surface area contributed by atoms with Gasteiger partial charge in [-0.25, -0.2) is 4.39 Å². The van der Waals surface area contributed by atoms with Crippen LogP contribution < -0.4 is 10.1 Å².